The summed E-state index contributed by atoms with van der Waals surface area (Å²) in [5.74, 6) is -1.83. The standard InChI is InChI=1S/C21H16F2N4O2S2/c22-20(23)31-17-11-5-4-9-15(17)24-18(28)13-30-21-26-25-19(16-10-6-12-29-16)27(21)14-7-2-1-3-8-14/h1-12,20H,13H2,(H,24,28). The molecule has 0 spiro atoms. The van der Waals surface area contributed by atoms with E-state index in [4.69, 9.17) is 4.42 Å². The summed E-state index contributed by atoms with van der Waals surface area (Å²) in [6.45, 7) is 0. The van der Waals surface area contributed by atoms with Gasteiger partial charge in [-0.3, -0.25) is 9.36 Å². The first-order valence-electron chi connectivity index (χ1n) is 9.13. The minimum atomic E-state index is -2.57. The molecular formula is C21H16F2N4O2S2. The number of benzene rings is 2. The van der Waals surface area contributed by atoms with Crippen LogP contribution in [0.3, 0.4) is 0 Å². The predicted octanol–water partition coefficient (Wildman–Crippen LogP) is 5.57. The lowest BCUT2D eigenvalue weighted by molar-refractivity contribution is -0.113. The molecule has 0 aliphatic rings. The third kappa shape index (κ3) is 5.15. The molecule has 6 nitrogen and oxygen atoms in total. The Morgan fingerprint density at radius 1 is 1.03 bits per heavy atom. The highest BCUT2D eigenvalue weighted by Crippen LogP contribution is 2.32. The summed E-state index contributed by atoms with van der Waals surface area (Å²) < 4.78 is 32.8. The molecule has 31 heavy (non-hydrogen) atoms. The van der Waals surface area contributed by atoms with Crippen LogP contribution < -0.4 is 5.32 Å². The van der Waals surface area contributed by atoms with Crippen LogP contribution in [-0.2, 0) is 4.79 Å². The molecule has 2 aromatic heterocycles. The topological polar surface area (TPSA) is 73.0 Å². The fraction of sp³-hybridized carbons (Fsp3) is 0.0952. The molecule has 4 rings (SSSR count). The Bertz CT molecular complexity index is 1150. The zero-order valence-corrected chi connectivity index (χ0v) is 17.6. The molecule has 0 bridgehead atoms. The van der Waals surface area contributed by atoms with E-state index in [2.05, 4.69) is 15.5 Å². The largest absolute Gasteiger partial charge is 0.461 e. The summed E-state index contributed by atoms with van der Waals surface area (Å²) in [4.78, 5) is 12.8. The van der Waals surface area contributed by atoms with Crippen molar-refractivity contribution < 1.29 is 18.0 Å². The van der Waals surface area contributed by atoms with Crippen molar-refractivity contribution in [1.82, 2.24) is 14.8 Å². The third-order valence-electron chi connectivity index (χ3n) is 4.10. The van der Waals surface area contributed by atoms with Crippen molar-refractivity contribution in [2.45, 2.75) is 15.8 Å². The molecule has 10 heteroatoms. The van der Waals surface area contributed by atoms with Crippen molar-refractivity contribution in [2.24, 2.45) is 0 Å². The number of nitrogens with zero attached hydrogens (tertiary/aromatic N) is 3. The molecule has 0 aliphatic carbocycles. The second kappa shape index (κ2) is 9.80. The number of alkyl halides is 2. The maximum atomic E-state index is 12.8. The highest BCUT2D eigenvalue weighted by atomic mass is 32.2. The van der Waals surface area contributed by atoms with Crippen LogP contribution in [-0.4, -0.2) is 32.2 Å². The molecule has 2 heterocycles. The molecule has 0 radical (unpaired) electrons. The summed E-state index contributed by atoms with van der Waals surface area (Å²) in [6.07, 6.45) is 1.55. The van der Waals surface area contributed by atoms with Crippen molar-refractivity contribution >= 4 is 35.1 Å². The van der Waals surface area contributed by atoms with E-state index in [1.807, 2.05) is 30.3 Å². The van der Waals surface area contributed by atoms with Crippen LogP contribution in [0.1, 0.15) is 0 Å². The van der Waals surface area contributed by atoms with Gasteiger partial charge in [0.25, 0.3) is 5.76 Å². The van der Waals surface area contributed by atoms with Gasteiger partial charge in [-0.05, 0) is 36.4 Å². The van der Waals surface area contributed by atoms with Gasteiger partial charge in [-0.25, -0.2) is 0 Å². The molecule has 4 aromatic rings. The Morgan fingerprint density at radius 2 is 1.81 bits per heavy atom. The average Bonchev–Trinajstić information content (AvgIpc) is 3.43. The molecular weight excluding hydrogens is 442 g/mol. The van der Waals surface area contributed by atoms with Crippen LogP contribution >= 0.6 is 23.5 Å². The summed E-state index contributed by atoms with van der Waals surface area (Å²) in [6, 6.07) is 19.5. The second-order valence-electron chi connectivity index (χ2n) is 6.17. The minimum Gasteiger partial charge on any atom is -0.461 e. The van der Waals surface area contributed by atoms with Crippen molar-refractivity contribution in [3.63, 3.8) is 0 Å². The third-order valence-corrected chi connectivity index (χ3v) is 5.82. The Morgan fingerprint density at radius 3 is 2.55 bits per heavy atom. The van der Waals surface area contributed by atoms with Crippen molar-refractivity contribution in [3.8, 4) is 17.3 Å². The van der Waals surface area contributed by atoms with Crippen LogP contribution in [0, 0.1) is 0 Å². The number of carbonyl (C=O) groups is 1. The van der Waals surface area contributed by atoms with E-state index in [0.717, 1.165) is 5.69 Å². The molecule has 0 fully saturated rings. The van der Waals surface area contributed by atoms with Gasteiger partial charge >= 0.3 is 0 Å². The monoisotopic (exact) mass is 458 g/mol. The summed E-state index contributed by atoms with van der Waals surface area (Å²) in [5.41, 5.74) is 1.17. The number of rotatable bonds is 8. The molecule has 0 saturated carbocycles. The van der Waals surface area contributed by atoms with Crippen LogP contribution in [0.25, 0.3) is 17.3 Å². The summed E-state index contributed by atoms with van der Waals surface area (Å²) in [7, 11) is 0. The first kappa shape index (κ1) is 21.1. The van der Waals surface area contributed by atoms with Crippen LogP contribution in [0.4, 0.5) is 14.5 Å². The highest BCUT2D eigenvalue weighted by Gasteiger charge is 2.19. The smallest absolute Gasteiger partial charge is 0.288 e. The molecule has 1 amide bonds. The maximum Gasteiger partial charge on any atom is 0.288 e. The number of para-hydroxylation sites is 2. The normalized spacial score (nSPS) is 11.1. The lowest BCUT2D eigenvalue weighted by Gasteiger charge is -2.11. The molecule has 2 aromatic carbocycles. The Labute approximate surface area is 185 Å². The zero-order valence-electron chi connectivity index (χ0n) is 15.9. The van der Waals surface area contributed by atoms with Gasteiger partial charge < -0.3 is 9.73 Å². The SMILES string of the molecule is O=C(CSc1nnc(-c2ccco2)n1-c1ccccc1)Nc1ccccc1SC(F)F. The summed E-state index contributed by atoms with van der Waals surface area (Å²) >= 11 is 1.58. The minimum absolute atomic E-state index is 0.0246. The number of thioether (sulfide) groups is 2. The number of nitrogens with one attached hydrogen (secondary N) is 1. The lowest BCUT2D eigenvalue weighted by Crippen LogP contribution is -2.15. The fourth-order valence-corrected chi connectivity index (χ4v) is 4.17. The van der Waals surface area contributed by atoms with Crippen molar-refractivity contribution in [2.75, 3.05) is 11.1 Å². The molecule has 0 atom stereocenters. The number of hydrogen-bond donors (Lipinski definition) is 1. The summed E-state index contributed by atoms with van der Waals surface area (Å²) in [5, 5.41) is 11.6. The molecule has 0 unspecified atom stereocenters. The van der Waals surface area contributed by atoms with Gasteiger partial charge in [-0.15, -0.1) is 10.2 Å². The van der Waals surface area contributed by atoms with E-state index >= 15 is 0 Å². The van der Waals surface area contributed by atoms with E-state index in [1.54, 1.807) is 47.2 Å². The van der Waals surface area contributed by atoms with Gasteiger partial charge in [-0.2, -0.15) is 8.78 Å². The van der Waals surface area contributed by atoms with Gasteiger partial charge in [-0.1, -0.05) is 53.9 Å². The number of carbonyl (C=O) groups excluding carboxylic acids is 1. The van der Waals surface area contributed by atoms with Gasteiger partial charge in [0, 0.05) is 10.6 Å². The van der Waals surface area contributed by atoms with Crippen molar-refractivity contribution in [3.05, 3.63) is 73.0 Å². The van der Waals surface area contributed by atoms with E-state index in [0.29, 0.717) is 39.1 Å². The number of hydrogen-bond acceptors (Lipinski definition) is 6. The van der Waals surface area contributed by atoms with E-state index in [-0.39, 0.29) is 11.7 Å². The van der Waals surface area contributed by atoms with E-state index in [1.165, 1.54) is 11.8 Å². The van der Waals surface area contributed by atoms with Crippen LogP contribution in [0.5, 0.6) is 0 Å². The number of aromatic nitrogens is 3. The van der Waals surface area contributed by atoms with Gasteiger partial charge in [0.15, 0.2) is 10.9 Å². The van der Waals surface area contributed by atoms with Gasteiger partial charge in [0.05, 0.1) is 17.7 Å². The van der Waals surface area contributed by atoms with E-state index < -0.39 is 5.76 Å². The Kier molecular flexibility index (Phi) is 6.68. The average molecular weight is 459 g/mol. The zero-order chi connectivity index (χ0) is 21.6. The Balaban J connectivity index is 1.52. The lowest BCUT2D eigenvalue weighted by atomic mass is 10.3. The Hall–Kier alpha value is -3.11. The molecule has 1 N–H and O–H groups in total. The predicted molar refractivity (Wildman–Crippen MR) is 117 cm³/mol. The van der Waals surface area contributed by atoms with Gasteiger partial charge in [0.2, 0.25) is 11.7 Å². The number of anilines is 1. The highest BCUT2D eigenvalue weighted by molar-refractivity contribution is 8.00. The number of furan rings is 1. The fourth-order valence-electron chi connectivity index (χ4n) is 2.82. The quantitative estimate of drug-likeness (QED) is 0.348. The van der Waals surface area contributed by atoms with Gasteiger partial charge in [0.1, 0.15) is 0 Å². The molecule has 0 saturated heterocycles. The first-order valence-corrected chi connectivity index (χ1v) is 11.0. The number of halogens is 2. The molecule has 0 aliphatic heterocycles. The first-order chi connectivity index (χ1) is 15.1. The second-order valence-corrected chi connectivity index (χ2v) is 8.14. The molecule has 158 valence electrons. The van der Waals surface area contributed by atoms with Crippen LogP contribution in [0.2, 0.25) is 0 Å². The van der Waals surface area contributed by atoms with Crippen LogP contribution in [0.15, 0.2) is 87.5 Å². The number of amides is 1. The maximum absolute atomic E-state index is 12.8. The van der Waals surface area contributed by atoms with Crippen molar-refractivity contribution in [1.29, 1.82) is 0 Å². The van der Waals surface area contributed by atoms with E-state index in [9.17, 15) is 13.6 Å².